The molecule has 0 saturated carbocycles. The second-order valence-electron chi connectivity index (χ2n) is 4.75. The minimum atomic E-state index is -3.88. The van der Waals surface area contributed by atoms with E-state index in [1.165, 1.54) is 0 Å². The van der Waals surface area contributed by atoms with E-state index in [1.54, 1.807) is 13.8 Å². The maximum absolute atomic E-state index is 10.4. The molecule has 0 radical (unpaired) electrons. The molecule has 0 aromatic heterocycles. The highest BCUT2D eigenvalue weighted by Gasteiger charge is 2.34. The molecule has 0 bridgehead atoms. The average molecular weight is 239 g/mol. The van der Waals surface area contributed by atoms with Gasteiger partial charge in [0.2, 0.25) is 0 Å². The van der Waals surface area contributed by atoms with Crippen LogP contribution in [0.4, 0.5) is 0 Å². The van der Waals surface area contributed by atoms with Crippen molar-refractivity contribution in [2.45, 2.75) is 45.3 Å². The first-order valence-corrected chi connectivity index (χ1v) is 6.49. The zero-order chi connectivity index (χ0) is 12.3. The van der Waals surface area contributed by atoms with Gasteiger partial charge < -0.3 is 10.4 Å². The fourth-order valence-electron chi connectivity index (χ4n) is 0.872. The Hall–Kier alpha value is -0.170. The Labute approximate surface area is 91.6 Å². The van der Waals surface area contributed by atoms with Crippen LogP contribution in [0.2, 0.25) is 0 Å². The van der Waals surface area contributed by atoms with Crippen LogP contribution < -0.4 is 5.32 Å². The van der Waals surface area contributed by atoms with Gasteiger partial charge in [-0.1, -0.05) is 0 Å². The molecule has 6 heteroatoms. The number of hydrogen-bond acceptors (Lipinski definition) is 4. The minimum absolute atomic E-state index is 0.262. The Kier molecular flexibility index (Phi) is 4.72. The van der Waals surface area contributed by atoms with Crippen molar-refractivity contribution in [1.29, 1.82) is 0 Å². The largest absolute Gasteiger partial charge is 0.389 e. The van der Waals surface area contributed by atoms with Crippen molar-refractivity contribution < 1.29 is 18.1 Å². The van der Waals surface area contributed by atoms with Gasteiger partial charge in [-0.2, -0.15) is 8.42 Å². The van der Waals surface area contributed by atoms with Crippen LogP contribution in [0.5, 0.6) is 0 Å². The van der Waals surface area contributed by atoms with E-state index >= 15 is 0 Å². The summed E-state index contributed by atoms with van der Waals surface area (Å²) in [4.78, 5) is 0. The quantitative estimate of drug-likeness (QED) is 0.461. The van der Waals surface area contributed by atoms with Crippen LogP contribution in [0.1, 0.15) is 34.1 Å². The minimum Gasteiger partial charge on any atom is -0.389 e. The summed E-state index contributed by atoms with van der Waals surface area (Å²) in [5.74, 6) is -0.262. The molecule has 0 aliphatic carbocycles. The summed E-state index contributed by atoms with van der Waals surface area (Å²) in [6, 6.07) is 0. The molecule has 0 spiro atoms. The molecule has 3 N–H and O–H groups in total. The summed E-state index contributed by atoms with van der Waals surface area (Å²) < 4.78 is 29.4. The van der Waals surface area contributed by atoms with Crippen LogP contribution >= 0.6 is 0 Å². The summed E-state index contributed by atoms with van der Waals surface area (Å²) in [5, 5.41) is 12.8. The van der Waals surface area contributed by atoms with Crippen LogP contribution in [0.15, 0.2) is 0 Å². The lowest BCUT2D eigenvalue weighted by Gasteiger charge is -2.38. The molecule has 0 aliphatic rings. The first kappa shape index (κ1) is 14.8. The van der Waals surface area contributed by atoms with Crippen molar-refractivity contribution in [2.24, 2.45) is 0 Å². The first-order chi connectivity index (χ1) is 6.46. The van der Waals surface area contributed by atoms with Gasteiger partial charge in [0.1, 0.15) is 0 Å². The van der Waals surface area contributed by atoms with Gasteiger partial charge >= 0.3 is 0 Å². The van der Waals surface area contributed by atoms with E-state index in [-0.39, 0.29) is 5.75 Å². The number of nitrogens with one attached hydrogen (secondary N) is 1. The number of rotatable bonds is 6. The topological polar surface area (TPSA) is 86.6 Å². The average Bonchev–Trinajstić information content (AvgIpc) is 1.94. The van der Waals surface area contributed by atoms with Gasteiger partial charge in [-0.25, -0.2) is 0 Å². The second kappa shape index (κ2) is 4.78. The maximum Gasteiger partial charge on any atom is 0.264 e. The second-order valence-corrected chi connectivity index (χ2v) is 6.32. The Bertz CT molecular complexity index is 290. The van der Waals surface area contributed by atoms with E-state index in [0.717, 1.165) is 0 Å². The van der Waals surface area contributed by atoms with Crippen molar-refractivity contribution in [3.8, 4) is 0 Å². The number of hydrogen-bond donors (Lipinski definition) is 3. The molecule has 0 amide bonds. The monoisotopic (exact) mass is 239 g/mol. The van der Waals surface area contributed by atoms with E-state index in [4.69, 9.17) is 4.55 Å². The summed E-state index contributed by atoms with van der Waals surface area (Å²) in [5.41, 5.74) is -1.41. The Balaban J connectivity index is 3.98. The smallest absolute Gasteiger partial charge is 0.264 e. The van der Waals surface area contributed by atoms with Crippen molar-refractivity contribution in [1.82, 2.24) is 5.32 Å². The molecule has 92 valence electrons. The van der Waals surface area contributed by atoms with Crippen LogP contribution in [0, 0.1) is 0 Å². The van der Waals surface area contributed by atoms with E-state index < -0.39 is 21.3 Å². The third kappa shape index (κ3) is 6.09. The summed E-state index contributed by atoms with van der Waals surface area (Å²) >= 11 is 0. The van der Waals surface area contributed by atoms with Gasteiger partial charge in [0.15, 0.2) is 0 Å². The highest BCUT2D eigenvalue weighted by molar-refractivity contribution is 7.85. The lowest BCUT2D eigenvalue weighted by atomic mass is 9.86. The van der Waals surface area contributed by atoms with E-state index in [1.807, 2.05) is 13.8 Å². The fraction of sp³-hybridized carbons (Fsp3) is 1.00. The molecular formula is C9H21NO4S. The highest BCUT2D eigenvalue weighted by atomic mass is 32.2. The lowest BCUT2D eigenvalue weighted by Crippen LogP contribution is -2.56. The molecule has 15 heavy (non-hydrogen) atoms. The van der Waals surface area contributed by atoms with Gasteiger partial charge in [0.25, 0.3) is 10.1 Å². The van der Waals surface area contributed by atoms with Crippen LogP contribution in [-0.2, 0) is 10.1 Å². The maximum atomic E-state index is 10.4. The standard InChI is InChI=1S/C9H21NO4S/c1-8(2,9(3,4)11)10-6-5-7-15(12,13)14/h10-11H,5-7H2,1-4H3,(H,12,13,14). The van der Waals surface area contributed by atoms with Crippen molar-refractivity contribution in [3.63, 3.8) is 0 Å². The predicted octanol–water partition coefficient (Wildman–Crippen LogP) is 0.403. The molecule has 0 unspecified atom stereocenters. The van der Waals surface area contributed by atoms with E-state index in [2.05, 4.69) is 5.32 Å². The van der Waals surface area contributed by atoms with Gasteiger partial charge in [0, 0.05) is 5.54 Å². The zero-order valence-corrected chi connectivity index (χ0v) is 10.6. The summed E-state index contributed by atoms with van der Waals surface area (Å²) in [7, 11) is -3.88. The van der Waals surface area contributed by atoms with Crippen LogP contribution in [-0.4, -0.2) is 41.5 Å². The molecule has 5 nitrogen and oxygen atoms in total. The molecular weight excluding hydrogens is 218 g/mol. The fourth-order valence-corrected chi connectivity index (χ4v) is 1.38. The normalized spacial score (nSPS) is 14.3. The first-order valence-electron chi connectivity index (χ1n) is 4.88. The number of aliphatic hydroxyl groups is 1. The van der Waals surface area contributed by atoms with Crippen molar-refractivity contribution in [2.75, 3.05) is 12.3 Å². The van der Waals surface area contributed by atoms with Crippen LogP contribution in [0.25, 0.3) is 0 Å². The molecule has 0 heterocycles. The third-order valence-corrected chi connectivity index (χ3v) is 3.48. The molecule has 0 fully saturated rings. The van der Waals surface area contributed by atoms with Crippen LogP contribution in [0.3, 0.4) is 0 Å². The Morgan fingerprint density at radius 3 is 2.00 bits per heavy atom. The van der Waals surface area contributed by atoms with Gasteiger partial charge in [0.05, 0.1) is 11.4 Å². The lowest BCUT2D eigenvalue weighted by molar-refractivity contribution is -0.00418. The summed E-state index contributed by atoms with van der Waals surface area (Å²) in [6.45, 7) is 7.46. The molecule has 0 aromatic carbocycles. The Morgan fingerprint density at radius 2 is 1.67 bits per heavy atom. The Morgan fingerprint density at radius 1 is 1.20 bits per heavy atom. The van der Waals surface area contributed by atoms with E-state index in [9.17, 15) is 13.5 Å². The molecule has 0 rings (SSSR count). The molecule has 0 aliphatic heterocycles. The van der Waals surface area contributed by atoms with E-state index in [0.29, 0.717) is 13.0 Å². The molecule has 0 aromatic rings. The van der Waals surface area contributed by atoms with Gasteiger partial charge in [-0.3, -0.25) is 4.55 Å². The van der Waals surface area contributed by atoms with Crippen molar-refractivity contribution in [3.05, 3.63) is 0 Å². The van der Waals surface area contributed by atoms with Gasteiger partial charge in [-0.15, -0.1) is 0 Å². The predicted molar refractivity (Wildman–Crippen MR) is 59.4 cm³/mol. The molecule has 0 saturated heterocycles. The molecule has 0 atom stereocenters. The van der Waals surface area contributed by atoms with Crippen molar-refractivity contribution >= 4 is 10.1 Å². The zero-order valence-electron chi connectivity index (χ0n) is 9.74. The van der Waals surface area contributed by atoms with Gasteiger partial charge in [-0.05, 0) is 40.7 Å². The highest BCUT2D eigenvalue weighted by Crippen LogP contribution is 2.20. The summed E-state index contributed by atoms with van der Waals surface area (Å²) in [6.07, 6.45) is 0.318. The SMILES string of the molecule is CC(C)(O)C(C)(C)NCCCS(=O)(=O)O. The third-order valence-electron chi connectivity index (χ3n) is 2.68.